The maximum Gasteiger partial charge on any atom is 0.259 e. The number of hydrogen-bond acceptors (Lipinski definition) is 7. The highest BCUT2D eigenvalue weighted by atomic mass is 16.7. The Bertz CT molecular complexity index is 927. The van der Waals surface area contributed by atoms with Crippen molar-refractivity contribution < 1.29 is 28.5 Å². The third kappa shape index (κ3) is 3.76. The van der Waals surface area contributed by atoms with Gasteiger partial charge in [-0.05, 0) is 42.0 Å². The number of carbonyl (C=O) groups excluding carboxylic acids is 2. The molecule has 2 aliphatic heterocycles. The van der Waals surface area contributed by atoms with Gasteiger partial charge in [0.05, 0.1) is 12.8 Å². The van der Waals surface area contributed by atoms with Crippen LogP contribution < -0.4 is 29.7 Å². The van der Waals surface area contributed by atoms with E-state index >= 15 is 0 Å². The number of benzene rings is 2. The summed E-state index contributed by atoms with van der Waals surface area (Å²) in [5.74, 6) is 1.52. The van der Waals surface area contributed by atoms with E-state index in [9.17, 15) is 9.59 Å². The lowest BCUT2D eigenvalue weighted by atomic mass is 10.2. The van der Waals surface area contributed by atoms with Crippen molar-refractivity contribution in [2.24, 2.45) is 5.10 Å². The van der Waals surface area contributed by atoms with Gasteiger partial charge in [0.15, 0.2) is 23.0 Å². The van der Waals surface area contributed by atoms with Crippen molar-refractivity contribution in [3.8, 4) is 23.0 Å². The zero-order chi connectivity index (χ0) is 18.6. The van der Waals surface area contributed by atoms with E-state index in [0.29, 0.717) is 28.6 Å². The summed E-state index contributed by atoms with van der Waals surface area (Å²) in [5, 5.41) is 6.37. The Morgan fingerprint density at radius 2 is 1.59 bits per heavy atom. The van der Waals surface area contributed by atoms with Crippen molar-refractivity contribution >= 4 is 18.0 Å². The Morgan fingerprint density at radius 1 is 0.926 bits per heavy atom. The lowest BCUT2D eigenvalue weighted by Gasteiger charge is -2.05. The summed E-state index contributed by atoms with van der Waals surface area (Å²) >= 11 is 0. The van der Waals surface area contributed by atoms with E-state index in [1.54, 1.807) is 36.4 Å². The molecule has 4 rings (SSSR count). The summed E-state index contributed by atoms with van der Waals surface area (Å²) in [6.45, 7) is 0.103. The Kier molecular flexibility index (Phi) is 4.48. The number of rotatable bonds is 5. The number of ether oxygens (including phenoxy) is 4. The van der Waals surface area contributed by atoms with E-state index in [4.69, 9.17) is 18.9 Å². The van der Waals surface area contributed by atoms with Gasteiger partial charge in [0, 0.05) is 5.56 Å². The largest absolute Gasteiger partial charge is 0.454 e. The standard InChI is InChI=1S/C18H15N3O6/c22-17(21-20-7-11-1-3-13-15(5-11)26-9-24-13)8-19-18(23)12-2-4-14-16(6-12)27-10-25-14/h1-7H,8-10H2,(H,19,23)(H,21,22)/b20-7+. The molecule has 0 aliphatic carbocycles. The monoisotopic (exact) mass is 369 g/mol. The molecule has 2 N–H and O–H groups in total. The van der Waals surface area contributed by atoms with Crippen LogP contribution in [-0.4, -0.2) is 38.2 Å². The van der Waals surface area contributed by atoms with Crippen LogP contribution in [0.3, 0.4) is 0 Å². The number of amides is 2. The second-order valence-electron chi connectivity index (χ2n) is 5.66. The topological polar surface area (TPSA) is 107 Å². The van der Waals surface area contributed by atoms with Gasteiger partial charge in [0.2, 0.25) is 13.6 Å². The van der Waals surface area contributed by atoms with E-state index in [0.717, 1.165) is 5.56 Å². The van der Waals surface area contributed by atoms with Crippen molar-refractivity contribution in [3.63, 3.8) is 0 Å². The number of hydrazone groups is 1. The smallest absolute Gasteiger partial charge is 0.259 e. The highest BCUT2D eigenvalue weighted by Crippen LogP contribution is 2.33. The molecule has 0 spiro atoms. The Hall–Kier alpha value is -3.75. The summed E-state index contributed by atoms with van der Waals surface area (Å²) in [5.41, 5.74) is 3.46. The van der Waals surface area contributed by atoms with Crippen LogP contribution in [0.5, 0.6) is 23.0 Å². The van der Waals surface area contributed by atoms with Gasteiger partial charge in [0.1, 0.15) is 0 Å². The van der Waals surface area contributed by atoms with Gasteiger partial charge in [0.25, 0.3) is 11.8 Å². The predicted molar refractivity (Wildman–Crippen MR) is 93.2 cm³/mol. The van der Waals surface area contributed by atoms with Crippen LogP contribution >= 0.6 is 0 Å². The van der Waals surface area contributed by atoms with Gasteiger partial charge in [-0.1, -0.05) is 0 Å². The highest BCUT2D eigenvalue weighted by molar-refractivity contribution is 5.97. The van der Waals surface area contributed by atoms with E-state index in [1.807, 2.05) is 0 Å². The molecule has 9 heteroatoms. The van der Waals surface area contributed by atoms with Crippen LogP contribution in [0.4, 0.5) is 0 Å². The van der Waals surface area contributed by atoms with Gasteiger partial charge in [-0.15, -0.1) is 0 Å². The molecule has 0 saturated carbocycles. The SMILES string of the molecule is O=C(CNC(=O)c1ccc2c(c1)OCO2)N/N=C/c1ccc2c(c1)OCO2. The summed E-state index contributed by atoms with van der Waals surface area (Å²) < 4.78 is 20.9. The van der Waals surface area contributed by atoms with Crippen LogP contribution in [0.1, 0.15) is 15.9 Å². The minimum absolute atomic E-state index is 0.129. The molecule has 2 aliphatic rings. The van der Waals surface area contributed by atoms with Gasteiger partial charge in [-0.2, -0.15) is 5.10 Å². The van der Waals surface area contributed by atoms with Crippen molar-refractivity contribution in [1.82, 2.24) is 10.7 Å². The quantitative estimate of drug-likeness (QED) is 0.602. The van der Waals surface area contributed by atoms with Gasteiger partial charge < -0.3 is 24.3 Å². The molecular weight excluding hydrogens is 354 g/mol. The molecule has 2 aromatic carbocycles. The third-order valence-electron chi connectivity index (χ3n) is 3.84. The fourth-order valence-electron chi connectivity index (χ4n) is 2.51. The van der Waals surface area contributed by atoms with Crippen LogP contribution in [0.25, 0.3) is 0 Å². The maximum atomic E-state index is 12.1. The number of fused-ring (bicyclic) bond motifs is 2. The molecule has 0 radical (unpaired) electrons. The fourth-order valence-corrected chi connectivity index (χ4v) is 2.51. The molecule has 0 bridgehead atoms. The van der Waals surface area contributed by atoms with Crippen molar-refractivity contribution in [3.05, 3.63) is 47.5 Å². The first-order valence-electron chi connectivity index (χ1n) is 8.08. The Balaban J connectivity index is 1.26. The van der Waals surface area contributed by atoms with Crippen molar-refractivity contribution in [2.75, 3.05) is 20.1 Å². The number of nitrogens with zero attached hydrogens (tertiary/aromatic N) is 1. The first-order valence-corrected chi connectivity index (χ1v) is 8.08. The van der Waals surface area contributed by atoms with E-state index < -0.39 is 11.8 Å². The van der Waals surface area contributed by atoms with E-state index in [-0.39, 0.29) is 20.1 Å². The maximum absolute atomic E-state index is 12.1. The number of hydrogen-bond donors (Lipinski definition) is 2. The molecule has 0 aromatic heterocycles. The first kappa shape index (κ1) is 16.7. The molecule has 138 valence electrons. The average molecular weight is 369 g/mol. The Morgan fingerprint density at radius 3 is 2.37 bits per heavy atom. The molecular formula is C18H15N3O6. The predicted octanol–water partition coefficient (Wildman–Crippen LogP) is 1.02. The second-order valence-corrected chi connectivity index (χ2v) is 5.66. The lowest BCUT2D eigenvalue weighted by Crippen LogP contribution is -2.34. The number of carbonyl (C=O) groups is 2. The minimum atomic E-state index is -0.457. The van der Waals surface area contributed by atoms with Gasteiger partial charge in [-0.3, -0.25) is 9.59 Å². The molecule has 0 atom stereocenters. The minimum Gasteiger partial charge on any atom is -0.454 e. The lowest BCUT2D eigenvalue weighted by molar-refractivity contribution is -0.120. The zero-order valence-electron chi connectivity index (χ0n) is 14.1. The summed E-state index contributed by atoms with van der Waals surface area (Å²) in [6, 6.07) is 10.1. The van der Waals surface area contributed by atoms with Crippen LogP contribution in [0.2, 0.25) is 0 Å². The van der Waals surface area contributed by atoms with Crippen molar-refractivity contribution in [2.45, 2.75) is 0 Å². The van der Waals surface area contributed by atoms with E-state index in [1.165, 1.54) is 6.21 Å². The van der Waals surface area contributed by atoms with Crippen LogP contribution in [0, 0.1) is 0 Å². The van der Waals surface area contributed by atoms with Gasteiger partial charge in [-0.25, -0.2) is 5.43 Å². The molecule has 2 aromatic rings. The molecule has 2 heterocycles. The normalized spacial score (nSPS) is 13.6. The average Bonchev–Trinajstić information content (AvgIpc) is 3.34. The molecule has 27 heavy (non-hydrogen) atoms. The van der Waals surface area contributed by atoms with Crippen LogP contribution in [0.15, 0.2) is 41.5 Å². The summed E-state index contributed by atoms with van der Waals surface area (Å²) in [6.07, 6.45) is 1.47. The van der Waals surface area contributed by atoms with Gasteiger partial charge >= 0.3 is 0 Å². The summed E-state index contributed by atoms with van der Waals surface area (Å²) in [4.78, 5) is 23.9. The zero-order valence-corrected chi connectivity index (χ0v) is 14.1. The number of nitrogens with one attached hydrogen (secondary N) is 2. The second kappa shape index (κ2) is 7.24. The molecule has 0 fully saturated rings. The molecule has 0 saturated heterocycles. The fraction of sp³-hybridized carbons (Fsp3) is 0.167. The molecule has 2 amide bonds. The van der Waals surface area contributed by atoms with Crippen LogP contribution in [-0.2, 0) is 4.79 Å². The Labute approximate surface area is 153 Å². The van der Waals surface area contributed by atoms with Crippen molar-refractivity contribution in [1.29, 1.82) is 0 Å². The molecule has 9 nitrogen and oxygen atoms in total. The molecule has 0 unspecified atom stereocenters. The summed E-state index contributed by atoms with van der Waals surface area (Å²) in [7, 11) is 0. The third-order valence-corrected chi connectivity index (χ3v) is 3.84. The highest BCUT2D eigenvalue weighted by Gasteiger charge is 2.16. The van der Waals surface area contributed by atoms with E-state index in [2.05, 4.69) is 15.8 Å². The first-order chi connectivity index (χ1) is 13.2.